The van der Waals surface area contributed by atoms with Crippen LogP contribution in [0, 0.1) is 5.92 Å². The van der Waals surface area contributed by atoms with Gasteiger partial charge in [-0.2, -0.15) is 13.2 Å². The summed E-state index contributed by atoms with van der Waals surface area (Å²) in [6.07, 6.45) is -5.37. The van der Waals surface area contributed by atoms with Gasteiger partial charge in [0.1, 0.15) is 17.8 Å². The van der Waals surface area contributed by atoms with Crippen LogP contribution in [0.25, 0.3) is 0 Å². The zero-order valence-corrected chi connectivity index (χ0v) is 24.7. The summed E-state index contributed by atoms with van der Waals surface area (Å²) in [7, 11) is 3.80. The van der Waals surface area contributed by atoms with Crippen molar-refractivity contribution in [3.8, 4) is 0 Å². The van der Waals surface area contributed by atoms with Crippen molar-refractivity contribution in [2.24, 2.45) is 16.6 Å². The highest BCUT2D eigenvalue weighted by Gasteiger charge is 2.33. The highest BCUT2D eigenvalue weighted by Crippen LogP contribution is 2.22. The molecule has 2 atom stereocenters. The SMILES string of the molecule is CC(C)[C@H](NC(=O)c1ccc(CN(C)C)cc1)C(=O)N[C@@H](CC(=O)O)C(=O)COC(C=C(N)C(F)(F)F)=Nc1ccccc1. The van der Waals surface area contributed by atoms with Crippen LogP contribution in [0.2, 0.25) is 0 Å². The second-order valence-electron chi connectivity index (χ2n) is 10.4. The molecule has 0 saturated heterocycles. The molecule has 0 saturated carbocycles. The quantitative estimate of drug-likeness (QED) is 0.185. The number of allylic oxidation sites excluding steroid dienone is 1. The van der Waals surface area contributed by atoms with E-state index in [1.807, 2.05) is 19.0 Å². The first-order valence-corrected chi connectivity index (χ1v) is 13.5. The van der Waals surface area contributed by atoms with Crippen LogP contribution < -0.4 is 16.4 Å². The summed E-state index contributed by atoms with van der Waals surface area (Å²) in [5, 5.41) is 14.3. The third-order valence-corrected chi connectivity index (χ3v) is 6.00. The molecule has 238 valence electrons. The summed E-state index contributed by atoms with van der Waals surface area (Å²) in [5.41, 5.74) is 5.00. The summed E-state index contributed by atoms with van der Waals surface area (Å²) in [5.74, 6) is -4.93. The summed E-state index contributed by atoms with van der Waals surface area (Å²) in [6, 6.07) is 11.7. The van der Waals surface area contributed by atoms with Crippen LogP contribution in [-0.2, 0) is 25.7 Å². The van der Waals surface area contributed by atoms with Gasteiger partial charge in [-0.1, -0.05) is 44.2 Å². The molecule has 0 unspecified atom stereocenters. The molecule has 0 radical (unpaired) electrons. The van der Waals surface area contributed by atoms with Gasteiger partial charge in [0, 0.05) is 18.2 Å². The molecule has 14 heteroatoms. The number of aliphatic imine (C=N–C) groups is 1. The van der Waals surface area contributed by atoms with Crippen LogP contribution >= 0.6 is 0 Å². The number of carbonyl (C=O) groups excluding carboxylic acids is 3. The Morgan fingerprint density at radius 1 is 1.02 bits per heavy atom. The van der Waals surface area contributed by atoms with Crippen LogP contribution in [-0.4, -0.2) is 78.4 Å². The maximum absolute atomic E-state index is 13.2. The Morgan fingerprint density at radius 3 is 2.16 bits per heavy atom. The minimum Gasteiger partial charge on any atom is -0.481 e. The normalized spacial score (nSPS) is 13.8. The molecule has 0 aliphatic carbocycles. The lowest BCUT2D eigenvalue weighted by atomic mass is 10.0. The topological polar surface area (TPSA) is 163 Å². The third kappa shape index (κ3) is 11.9. The van der Waals surface area contributed by atoms with Gasteiger partial charge in [0.15, 0.2) is 12.4 Å². The predicted molar refractivity (Wildman–Crippen MR) is 157 cm³/mol. The predicted octanol–water partition coefficient (Wildman–Crippen LogP) is 3.18. The average Bonchev–Trinajstić information content (AvgIpc) is 2.93. The second-order valence-corrected chi connectivity index (χ2v) is 10.4. The standard InChI is InChI=1S/C30H36F3N5O6/c1-18(2)27(37-28(42)20-12-10-19(11-13-20)16-38(3)4)29(43)36-22(14-26(40)41)23(39)17-44-25(15-24(34)30(31,32)33)35-21-8-6-5-7-9-21/h5-13,15,18,22,27H,14,16-17,34H2,1-4H3,(H,36,43)(H,37,42)(H,40,41)/t22-,27-/m0/s1. The van der Waals surface area contributed by atoms with Crippen LogP contribution in [0.5, 0.6) is 0 Å². The molecule has 0 aliphatic heterocycles. The maximum atomic E-state index is 13.2. The number of ketones is 1. The van der Waals surface area contributed by atoms with Gasteiger partial charge in [0.2, 0.25) is 11.8 Å². The summed E-state index contributed by atoms with van der Waals surface area (Å²) in [6.45, 7) is 3.01. The fourth-order valence-electron chi connectivity index (χ4n) is 3.76. The van der Waals surface area contributed by atoms with Gasteiger partial charge in [-0.05, 0) is 49.8 Å². The summed E-state index contributed by atoms with van der Waals surface area (Å²) >= 11 is 0. The van der Waals surface area contributed by atoms with Crippen LogP contribution in [0.15, 0.2) is 71.4 Å². The lowest BCUT2D eigenvalue weighted by molar-refractivity contribution is -0.140. The minimum atomic E-state index is -4.91. The van der Waals surface area contributed by atoms with Gasteiger partial charge < -0.3 is 31.1 Å². The lowest BCUT2D eigenvalue weighted by Crippen LogP contribution is -2.54. The number of hydrogen-bond donors (Lipinski definition) is 4. The number of rotatable bonds is 14. The first-order valence-electron chi connectivity index (χ1n) is 13.5. The van der Waals surface area contributed by atoms with E-state index in [0.29, 0.717) is 12.6 Å². The van der Waals surface area contributed by atoms with E-state index < -0.39 is 72.4 Å². The molecule has 11 nitrogen and oxygen atoms in total. The molecule has 0 bridgehead atoms. The zero-order chi connectivity index (χ0) is 33.0. The van der Waals surface area contributed by atoms with Crippen molar-refractivity contribution in [3.05, 3.63) is 77.5 Å². The second kappa shape index (κ2) is 16.2. The minimum absolute atomic E-state index is 0.194. The number of amides is 2. The smallest absolute Gasteiger partial charge is 0.430 e. The zero-order valence-electron chi connectivity index (χ0n) is 24.7. The van der Waals surface area contributed by atoms with Crippen molar-refractivity contribution in [1.29, 1.82) is 0 Å². The van der Waals surface area contributed by atoms with Crippen LogP contribution in [0.1, 0.15) is 36.2 Å². The number of alkyl halides is 3. The molecule has 0 spiro atoms. The molecule has 2 aromatic carbocycles. The number of ether oxygens (including phenoxy) is 1. The number of carbonyl (C=O) groups is 4. The molecule has 0 aliphatic rings. The summed E-state index contributed by atoms with van der Waals surface area (Å²) in [4.78, 5) is 56.4. The highest BCUT2D eigenvalue weighted by atomic mass is 19.4. The van der Waals surface area contributed by atoms with Crippen molar-refractivity contribution < 1.29 is 42.2 Å². The molecule has 0 heterocycles. The fraction of sp³-hybridized carbons (Fsp3) is 0.367. The molecule has 2 rings (SSSR count). The van der Waals surface area contributed by atoms with Gasteiger partial charge in [-0.25, -0.2) is 4.99 Å². The van der Waals surface area contributed by atoms with E-state index >= 15 is 0 Å². The molecule has 2 aromatic rings. The third-order valence-electron chi connectivity index (χ3n) is 6.00. The van der Waals surface area contributed by atoms with Crippen LogP contribution in [0.4, 0.5) is 18.9 Å². The number of aliphatic carboxylic acids is 1. The molecule has 44 heavy (non-hydrogen) atoms. The number of halogens is 3. The monoisotopic (exact) mass is 619 g/mol. The van der Waals surface area contributed by atoms with Gasteiger partial charge in [0.25, 0.3) is 5.91 Å². The maximum Gasteiger partial charge on any atom is 0.430 e. The van der Waals surface area contributed by atoms with E-state index in [1.54, 1.807) is 56.3 Å². The van der Waals surface area contributed by atoms with Gasteiger partial charge >= 0.3 is 12.1 Å². The first-order chi connectivity index (χ1) is 20.6. The Kier molecular flexibility index (Phi) is 13.1. The fourth-order valence-corrected chi connectivity index (χ4v) is 3.76. The molecule has 0 fully saturated rings. The Labute approximate surface area is 253 Å². The van der Waals surface area contributed by atoms with E-state index in [0.717, 1.165) is 5.56 Å². The molecule has 2 amide bonds. The molecule has 5 N–H and O–H groups in total. The number of para-hydroxylation sites is 1. The van der Waals surface area contributed by atoms with Crippen molar-refractivity contribution in [3.63, 3.8) is 0 Å². The number of benzene rings is 2. The van der Waals surface area contributed by atoms with E-state index in [2.05, 4.69) is 15.6 Å². The number of carboxylic acid groups (broad SMARTS) is 1. The number of nitrogens with one attached hydrogen (secondary N) is 2. The Bertz CT molecular complexity index is 1360. The first kappa shape index (κ1) is 35.5. The number of carboxylic acids is 1. The Morgan fingerprint density at radius 2 is 1.64 bits per heavy atom. The molecular formula is C30H36F3N5O6. The van der Waals surface area contributed by atoms with E-state index in [-0.39, 0.29) is 11.3 Å². The summed E-state index contributed by atoms with van der Waals surface area (Å²) < 4.78 is 44.4. The van der Waals surface area contributed by atoms with E-state index in [4.69, 9.17) is 10.5 Å². The van der Waals surface area contributed by atoms with Crippen molar-refractivity contribution in [1.82, 2.24) is 15.5 Å². The molecular weight excluding hydrogens is 583 g/mol. The number of nitrogens with zero attached hydrogens (tertiary/aromatic N) is 2. The van der Waals surface area contributed by atoms with Gasteiger partial charge in [-0.15, -0.1) is 0 Å². The Balaban J connectivity index is 2.20. The van der Waals surface area contributed by atoms with Gasteiger partial charge in [-0.3, -0.25) is 19.2 Å². The largest absolute Gasteiger partial charge is 0.481 e. The van der Waals surface area contributed by atoms with Crippen LogP contribution in [0.3, 0.4) is 0 Å². The van der Waals surface area contributed by atoms with Crippen molar-refractivity contribution in [2.75, 3.05) is 20.7 Å². The van der Waals surface area contributed by atoms with Crippen molar-refractivity contribution in [2.45, 2.75) is 45.1 Å². The lowest BCUT2D eigenvalue weighted by Gasteiger charge is -2.24. The van der Waals surface area contributed by atoms with E-state index in [1.165, 1.54) is 12.1 Å². The number of Topliss-reactive ketones (excluding diaryl/α,β-unsaturated/α-hetero) is 1. The highest BCUT2D eigenvalue weighted by molar-refractivity contribution is 6.00. The molecule has 0 aromatic heterocycles. The van der Waals surface area contributed by atoms with Gasteiger partial charge in [0.05, 0.1) is 12.1 Å². The average molecular weight is 620 g/mol. The van der Waals surface area contributed by atoms with Crippen molar-refractivity contribution >= 4 is 35.2 Å². The number of nitrogens with two attached hydrogens (primary N) is 1. The Hall–Kier alpha value is -4.72. The van der Waals surface area contributed by atoms with E-state index in [9.17, 15) is 37.5 Å². The number of hydrogen-bond acceptors (Lipinski definition) is 8.